The molecule has 0 spiro atoms. The summed E-state index contributed by atoms with van der Waals surface area (Å²) >= 11 is 0. The van der Waals surface area contributed by atoms with Crippen LogP contribution >= 0.6 is 0 Å². The van der Waals surface area contributed by atoms with E-state index in [-0.39, 0.29) is 11.8 Å². The zero-order valence-electron chi connectivity index (χ0n) is 17.0. The first-order chi connectivity index (χ1) is 13.8. The van der Waals surface area contributed by atoms with Crippen molar-refractivity contribution >= 4 is 5.91 Å². The van der Waals surface area contributed by atoms with E-state index in [1.807, 2.05) is 18.2 Å². The fourth-order valence-corrected chi connectivity index (χ4v) is 5.11. The highest BCUT2D eigenvalue weighted by atomic mass is 16.1. The molecule has 0 bridgehead atoms. The van der Waals surface area contributed by atoms with Crippen molar-refractivity contribution in [2.75, 3.05) is 39.3 Å². The molecular formula is C22H35N5O. The Hall–Kier alpha value is -1.50. The van der Waals surface area contributed by atoms with Gasteiger partial charge in [0, 0.05) is 30.7 Å². The van der Waals surface area contributed by atoms with Crippen LogP contribution in [-0.4, -0.2) is 72.0 Å². The molecule has 4 heterocycles. The molecule has 4 rings (SSSR count). The van der Waals surface area contributed by atoms with Gasteiger partial charge >= 0.3 is 0 Å². The number of carbonyl (C=O) groups is 1. The first kappa shape index (κ1) is 19.8. The molecule has 1 aromatic heterocycles. The Morgan fingerprint density at radius 2 is 1.79 bits per heavy atom. The van der Waals surface area contributed by atoms with Gasteiger partial charge in [-0.2, -0.15) is 0 Å². The maximum Gasteiger partial charge on any atom is 0.223 e. The second-order valence-electron chi connectivity index (χ2n) is 8.62. The SMILES string of the molecule is O=C(NCc1ccccn1)C1CCN(C2CCN([C@@H]3CCCNC3)CC2)CC1. The summed E-state index contributed by atoms with van der Waals surface area (Å²) in [6.07, 6.45) is 8.99. The Balaban J connectivity index is 1.17. The van der Waals surface area contributed by atoms with E-state index in [1.54, 1.807) is 6.20 Å². The smallest absolute Gasteiger partial charge is 0.223 e. The van der Waals surface area contributed by atoms with Gasteiger partial charge in [0.25, 0.3) is 0 Å². The summed E-state index contributed by atoms with van der Waals surface area (Å²) in [5.74, 6) is 0.360. The molecule has 0 aliphatic carbocycles. The number of carbonyl (C=O) groups excluding carboxylic acids is 1. The summed E-state index contributed by atoms with van der Waals surface area (Å²) in [6.45, 7) is 7.51. The normalized spacial score (nSPS) is 26.2. The largest absolute Gasteiger partial charge is 0.350 e. The van der Waals surface area contributed by atoms with Gasteiger partial charge in [-0.05, 0) is 83.4 Å². The Morgan fingerprint density at radius 3 is 2.46 bits per heavy atom. The molecule has 3 saturated heterocycles. The molecule has 1 aromatic rings. The van der Waals surface area contributed by atoms with Gasteiger partial charge in [0.05, 0.1) is 12.2 Å². The number of nitrogens with zero attached hydrogens (tertiary/aromatic N) is 3. The molecule has 3 aliphatic heterocycles. The van der Waals surface area contributed by atoms with E-state index >= 15 is 0 Å². The van der Waals surface area contributed by atoms with Crippen LogP contribution in [0.2, 0.25) is 0 Å². The minimum atomic E-state index is 0.161. The van der Waals surface area contributed by atoms with Crippen molar-refractivity contribution in [3.8, 4) is 0 Å². The fourth-order valence-electron chi connectivity index (χ4n) is 5.11. The van der Waals surface area contributed by atoms with Crippen LogP contribution < -0.4 is 10.6 Å². The van der Waals surface area contributed by atoms with Gasteiger partial charge in [0.2, 0.25) is 5.91 Å². The lowest BCUT2D eigenvalue weighted by Crippen LogP contribution is -2.53. The third-order valence-corrected chi connectivity index (χ3v) is 6.87. The second kappa shape index (κ2) is 9.81. The van der Waals surface area contributed by atoms with Gasteiger partial charge in [0.15, 0.2) is 0 Å². The number of rotatable bonds is 5. The van der Waals surface area contributed by atoms with Gasteiger partial charge in [-0.15, -0.1) is 0 Å². The predicted octanol–water partition coefficient (Wildman–Crippen LogP) is 1.63. The zero-order chi connectivity index (χ0) is 19.2. The maximum absolute atomic E-state index is 12.5. The Morgan fingerprint density at radius 1 is 1.04 bits per heavy atom. The van der Waals surface area contributed by atoms with E-state index in [0.29, 0.717) is 12.6 Å². The predicted molar refractivity (Wildman–Crippen MR) is 111 cm³/mol. The second-order valence-corrected chi connectivity index (χ2v) is 8.62. The number of likely N-dealkylation sites (tertiary alicyclic amines) is 2. The monoisotopic (exact) mass is 385 g/mol. The maximum atomic E-state index is 12.5. The zero-order valence-corrected chi connectivity index (χ0v) is 17.0. The van der Waals surface area contributed by atoms with Gasteiger partial charge in [0.1, 0.15) is 0 Å². The topological polar surface area (TPSA) is 60.5 Å². The number of amides is 1. The summed E-state index contributed by atoms with van der Waals surface area (Å²) in [4.78, 5) is 22.1. The number of nitrogens with one attached hydrogen (secondary N) is 2. The number of aromatic nitrogens is 1. The van der Waals surface area contributed by atoms with E-state index in [0.717, 1.165) is 37.7 Å². The van der Waals surface area contributed by atoms with E-state index < -0.39 is 0 Å². The van der Waals surface area contributed by atoms with Gasteiger partial charge in [-0.25, -0.2) is 0 Å². The first-order valence-corrected chi connectivity index (χ1v) is 11.2. The number of pyridine rings is 1. The Bertz CT molecular complexity index is 603. The van der Waals surface area contributed by atoms with Crippen LogP contribution in [0.25, 0.3) is 0 Å². The van der Waals surface area contributed by atoms with Crippen molar-refractivity contribution < 1.29 is 4.79 Å². The number of hydrogen-bond donors (Lipinski definition) is 2. The third-order valence-electron chi connectivity index (χ3n) is 6.87. The lowest BCUT2D eigenvalue weighted by atomic mass is 9.92. The highest BCUT2D eigenvalue weighted by Crippen LogP contribution is 2.25. The molecule has 6 nitrogen and oxygen atoms in total. The van der Waals surface area contributed by atoms with Crippen LogP contribution in [-0.2, 0) is 11.3 Å². The number of piperidine rings is 3. The minimum absolute atomic E-state index is 0.161. The molecule has 154 valence electrons. The van der Waals surface area contributed by atoms with Crippen LogP contribution in [0.4, 0.5) is 0 Å². The van der Waals surface area contributed by atoms with Crippen LogP contribution in [0.5, 0.6) is 0 Å². The molecule has 1 amide bonds. The van der Waals surface area contributed by atoms with E-state index in [1.165, 1.54) is 51.9 Å². The quantitative estimate of drug-likeness (QED) is 0.807. The standard InChI is InChI=1S/C22H35N5O/c28-22(25-16-19-4-1-2-11-24-19)18-6-12-26(13-7-18)20-8-14-27(15-9-20)21-5-3-10-23-17-21/h1-2,4,11,18,20-21,23H,3,5-10,12-17H2,(H,25,28)/t21-/m1/s1. The van der Waals surface area contributed by atoms with Crippen LogP contribution in [0, 0.1) is 5.92 Å². The van der Waals surface area contributed by atoms with Crippen molar-refractivity contribution in [2.24, 2.45) is 5.92 Å². The summed E-state index contributed by atoms with van der Waals surface area (Å²) in [5, 5.41) is 6.62. The average Bonchev–Trinajstić information content (AvgIpc) is 2.79. The molecule has 3 fully saturated rings. The molecule has 2 N–H and O–H groups in total. The van der Waals surface area contributed by atoms with Gasteiger partial charge in [-0.3, -0.25) is 14.7 Å². The lowest BCUT2D eigenvalue weighted by molar-refractivity contribution is -0.126. The van der Waals surface area contributed by atoms with Crippen molar-refractivity contribution in [3.05, 3.63) is 30.1 Å². The number of hydrogen-bond acceptors (Lipinski definition) is 5. The van der Waals surface area contributed by atoms with Crippen LogP contribution in [0.15, 0.2) is 24.4 Å². The minimum Gasteiger partial charge on any atom is -0.350 e. The molecule has 28 heavy (non-hydrogen) atoms. The molecular weight excluding hydrogens is 350 g/mol. The van der Waals surface area contributed by atoms with E-state index in [2.05, 4.69) is 25.4 Å². The van der Waals surface area contributed by atoms with Crippen molar-refractivity contribution in [3.63, 3.8) is 0 Å². The van der Waals surface area contributed by atoms with Crippen molar-refractivity contribution in [1.29, 1.82) is 0 Å². The summed E-state index contributed by atoms with van der Waals surface area (Å²) in [6, 6.07) is 7.28. The summed E-state index contributed by atoms with van der Waals surface area (Å²) in [5.41, 5.74) is 0.924. The highest BCUT2D eigenvalue weighted by Gasteiger charge is 2.32. The van der Waals surface area contributed by atoms with Crippen LogP contribution in [0.1, 0.15) is 44.2 Å². The molecule has 1 atom stereocenters. The molecule has 0 unspecified atom stereocenters. The van der Waals surface area contributed by atoms with Crippen LogP contribution in [0.3, 0.4) is 0 Å². The fraction of sp³-hybridized carbons (Fsp3) is 0.727. The Labute approximate surface area is 169 Å². The van der Waals surface area contributed by atoms with Crippen molar-refractivity contribution in [1.82, 2.24) is 25.4 Å². The lowest BCUT2D eigenvalue weighted by Gasteiger charge is -2.44. The average molecular weight is 386 g/mol. The van der Waals surface area contributed by atoms with Gasteiger partial charge in [-0.1, -0.05) is 6.07 Å². The van der Waals surface area contributed by atoms with E-state index in [9.17, 15) is 4.79 Å². The highest BCUT2D eigenvalue weighted by molar-refractivity contribution is 5.78. The summed E-state index contributed by atoms with van der Waals surface area (Å²) in [7, 11) is 0. The molecule has 0 aromatic carbocycles. The molecule has 0 radical (unpaired) electrons. The molecule has 3 aliphatic rings. The molecule has 0 saturated carbocycles. The van der Waals surface area contributed by atoms with Crippen molar-refractivity contribution in [2.45, 2.75) is 57.2 Å². The molecule has 6 heteroatoms. The third kappa shape index (κ3) is 5.10. The first-order valence-electron chi connectivity index (χ1n) is 11.2. The van der Waals surface area contributed by atoms with Gasteiger partial charge < -0.3 is 15.5 Å². The summed E-state index contributed by atoms with van der Waals surface area (Å²) < 4.78 is 0. The van der Waals surface area contributed by atoms with E-state index in [4.69, 9.17) is 0 Å². The Kier molecular flexibility index (Phi) is 6.94.